The normalized spacial score (nSPS) is 11.4. The Kier molecular flexibility index (Phi) is 5.64. The molecule has 0 saturated heterocycles. The summed E-state index contributed by atoms with van der Waals surface area (Å²) in [5.41, 5.74) is 0.904. The van der Waals surface area contributed by atoms with Gasteiger partial charge < -0.3 is 14.4 Å². The van der Waals surface area contributed by atoms with Crippen molar-refractivity contribution in [2.24, 2.45) is 0 Å². The number of esters is 1. The minimum absolute atomic E-state index is 0.0295. The third-order valence-electron chi connectivity index (χ3n) is 3.82. The van der Waals surface area contributed by atoms with Crippen LogP contribution in [0.5, 0.6) is 0 Å². The molecule has 0 radical (unpaired) electrons. The van der Waals surface area contributed by atoms with Crippen molar-refractivity contribution in [1.29, 1.82) is 0 Å². The summed E-state index contributed by atoms with van der Waals surface area (Å²) in [6.45, 7) is 2.00. The molecule has 2 N–H and O–H groups in total. The molecule has 8 nitrogen and oxygen atoms in total. The molecule has 144 valence electrons. The third kappa shape index (κ3) is 4.32. The first-order chi connectivity index (χ1) is 13.5. The lowest BCUT2D eigenvalue weighted by Gasteiger charge is -2.08. The summed E-state index contributed by atoms with van der Waals surface area (Å²) in [6.07, 6.45) is 3.67. The Morgan fingerprint density at radius 2 is 2.18 bits per heavy atom. The average molecular weight is 384 g/mol. The van der Waals surface area contributed by atoms with Crippen molar-refractivity contribution in [3.63, 3.8) is 0 Å². The second kappa shape index (κ2) is 8.30. The Morgan fingerprint density at radius 1 is 1.36 bits per heavy atom. The van der Waals surface area contributed by atoms with Crippen LogP contribution in [0.15, 0.2) is 48.9 Å². The van der Waals surface area contributed by atoms with Crippen LogP contribution in [-0.2, 0) is 11.3 Å². The molecule has 0 spiro atoms. The maximum atomic E-state index is 13.5. The summed E-state index contributed by atoms with van der Waals surface area (Å²) in [5, 5.41) is 16.0. The summed E-state index contributed by atoms with van der Waals surface area (Å²) in [5.74, 6) is -2.01. The molecule has 0 bridgehead atoms. The van der Waals surface area contributed by atoms with Gasteiger partial charge in [0.15, 0.2) is 11.5 Å². The molecule has 9 heteroatoms. The largest absolute Gasteiger partial charge is 0.504 e. The van der Waals surface area contributed by atoms with E-state index in [2.05, 4.69) is 15.2 Å². The van der Waals surface area contributed by atoms with Gasteiger partial charge in [0.25, 0.3) is 0 Å². The van der Waals surface area contributed by atoms with E-state index >= 15 is 0 Å². The van der Waals surface area contributed by atoms with Crippen molar-refractivity contribution >= 4 is 17.5 Å². The van der Waals surface area contributed by atoms with Crippen molar-refractivity contribution in [3.8, 4) is 0 Å². The van der Waals surface area contributed by atoms with E-state index < -0.39 is 23.3 Å². The van der Waals surface area contributed by atoms with E-state index in [-0.39, 0.29) is 30.2 Å². The number of aliphatic hydroxyl groups excluding tert-OH is 1. The first-order valence-corrected chi connectivity index (χ1v) is 8.40. The quantitative estimate of drug-likeness (QED) is 0.281. The van der Waals surface area contributed by atoms with E-state index in [1.54, 1.807) is 19.1 Å². The van der Waals surface area contributed by atoms with Crippen LogP contribution >= 0.6 is 0 Å². The van der Waals surface area contributed by atoms with Crippen LogP contribution in [0, 0.1) is 5.82 Å². The van der Waals surface area contributed by atoms with Gasteiger partial charge in [-0.25, -0.2) is 14.2 Å². The highest BCUT2D eigenvalue weighted by Gasteiger charge is 2.19. The molecular weight excluding hydrogens is 367 g/mol. The van der Waals surface area contributed by atoms with Gasteiger partial charge in [0.1, 0.15) is 17.8 Å². The van der Waals surface area contributed by atoms with Gasteiger partial charge in [-0.15, -0.1) is 0 Å². The number of carbonyl (C=O) groups excluding carboxylic acids is 2. The van der Waals surface area contributed by atoms with Crippen molar-refractivity contribution in [1.82, 2.24) is 19.7 Å². The van der Waals surface area contributed by atoms with Crippen LogP contribution in [-0.4, -0.2) is 43.2 Å². The smallest absolute Gasteiger partial charge is 0.354 e. The van der Waals surface area contributed by atoms with E-state index in [1.807, 2.05) is 0 Å². The van der Waals surface area contributed by atoms with E-state index in [0.29, 0.717) is 5.56 Å². The summed E-state index contributed by atoms with van der Waals surface area (Å²) < 4.78 is 20.0. The van der Waals surface area contributed by atoms with Gasteiger partial charge in [-0.05, 0) is 30.7 Å². The number of hydrogen-bond donors (Lipinski definition) is 2. The number of rotatable bonds is 7. The van der Waals surface area contributed by atoms with E-state index in [0.717, 1.165) is 6.08 Å². The van der Waals surface area contributed by atoms with Gasteiger partial charge in [0.2, 0.25) is 5.82 Å². The fourth-order valence-corrected chi connectivity index (χ4v) is 2.59. The van der Waals surface area contributed by atoms with Crippen molar-refractivity contribution in [3.05, 3.63) is 77.4 Å². The van der Waals surface area contributed by atoms with Gasteiger partial charge in [-0.3, -0.25) is 9.89 Å². The molecule has 1 aromatic carbocycles. The topological polar surface area (TPSA) is 110 Å². The van der Waals surface area contributed by atoms with E-state index in [9.17, 15) is 19.1 Å². The number of aromatic amines is 1. The van der Waals surface area contributed by atoms with Crippen LogP contribution in [0.1, 0.15) is 39.2 Å². The molecular formula is C19H17FN4O4. The molecule has 0 aliphatic rings. The lowest BCUT2D eigenvalue weighted by Crippen LogP contribution is -2.12. The number of hydrogen-bond acceptors (Lipinski definition) is 6. The summed E-state index contributed by atoms with van der Waals surface area (Å²) >= 11 is 0. The molecule has 0 fully saturated rings. The Morgan fingerprint density at radius 3 is 2.86 bits per heavy atom. The number of carbonyl (C=O) groups is 2. The fourth-order valence-electron chi connectivity index (χ4n) is 2.59. The molecule has 3 aromatic rings. The number of ketones is 1. The Labute approximate surface area is 159 Å². The van der Waals surface area contributed by atoms with Crippen molar-refractivity contribution in [2.45, 2.75) is 13.5 Å². The standard InChI is InChI=1S/C19H17FN4O4/c1-2-28-19(27)15-7-13(16(25)8-17(26)18-21-11-22-23-18)10-24(15)9-12-4-3-5-14(20)6-12/h3-8,10-11,26H,2,9H2,1H3,(H,21,22,23). The molecule has 0 aliphatic heterocycles. The van der Waals surface area contributed by atoms with Gasteiger partial charge in [0.05, 0.1) is 6.61 Å². The highest BCUT2D eigenvalue weighted by Crippen LogP contribution is 2.16. The molecule has 0 amide bonds. The second-order valence-electron chi connectivity index (χ2n) is 5.81. The molecule has 0 atom stereocenters. The molecule has 2 aromatic heterocycles. The fraction of sp³-hybridized carbons (Fsp3) is 0.158. The van der Waals surface area contributed by atoms with E-state index in [4.69, 9.17) is 4.74 Å². The zero-order valence-corrected chi connectivity index (χ0v) is 14.9. The van der Waals surface area contributed by atoms with Crippen LogP contribution in [0.2, 0.25) is 0 Å². The summed E-state index contributed by atoms with van der Waals surface area (Å²) in [7, 11) is 0. The minimum Gasteiger partial charge on any atom is -0.504 e. The average Bonchev–Trinajstić information content (AvgIpc) is 3.32. The Bertz CT molecular complexity index is 1020. The number of nitrogens with zero attached hydrogens (tertiary/aromatic N) is 3. The summed E-state index contributed by atoms with van der Waals surface area (Å²) in [6, 6.07) is 7.28. The molecule has 0 saturated carbocycles. The number of aromatic nitrogens is 4. The number of benzene rings is 1. The summed E-state index contributed by atoms with van der Waals surface area (Å²) in [4.78, 5) is 28.5. The molecule has 2 heterocycles. The lowest BCUT2D eigenvalue weighted by atomic mass is 10.2. The number of H-pyrrole nitrogens is 1. The predicted octanol–water partition coefficient (Wildman–Crippen LogP) is 2.75. The maximum absolute atomic E-state index is 13.5. The number of nitrogens with one attached hydrogen (secondary N) is 1. The highest BCUT2D eigenvalue weighted by atomic mass is 19.1. The van der Waals surface area contributed by atoms with Crippen LogP contribution in [0.4, 0.5) is 4.39 Å². The third-order valence-corrected chi connectivity index (χ3v) is 3.82. The second-order valence-corrected chi connectivity index (χ2v) is 5.81. The highest BCUT2D eigenvalue weighted by molar-refractivity contribution is 6.08. The lowest BCUT2D eigenvalue weighted by molar-refractivity contribution is 0.0514. The monoisotopic (exact) mass is 384 g/mol. The van der Waals surface area contributed by atoms with Crippen LogP contribution in [0.3, 0.4) is 0 Å². The minimum atomic E-state index is -0.611. The van der Waals surface area contributed by atoms with Gasteiger partial charge in [-0.2, -0.15) is 5.10 Å². The molecule has 0 aliphatic carbocycles. The molecule has 0 unspecified atom stereocenters. The van der Waals surface area contributed by atoms with E-state index in [1.165, 1.54) is 35.3 Å². The van der Waals surface area contributed by atoms with Gasteiger partial charge in [0, 0.05) is 24.4 Å². The number of halogens is 1. The van der Waals surface area contributed by atoms with Crippen LogP contribution < -0.4 is 0 Å². The molecule has 28 heavy (non-hydrogen) atoms. The first kappa shape index (κ1) is 19.0. The van der Waals surface area contributed by atoms with Crippen molar-refractivity contribution in [2.75, 3.05) is 6.61 Å². The van der Waals surface area contributed by atoms with Gasteiger partial charge >= 0.3 is 5.97 Å². The number of allylic oxidation sites excluding steroid dienone is 1. The zero-order valence-electron chi connectivity index (χ0n) is 14.9. The Hall–Kier alpha value is -3.75. The number of ether oxygens (including phenoxy) is 1. The maximum Gasteiger partial charge on any atom is 0.354 e. The first-order valence-electron chi connectivity index (χ1n) is 8.40. The van der Waals surface area contributed by atoms with Gasteiger partial charge in [-0.1, -0.05) is 12.1 Å². The Balaban J connectivity index is 1.93. The van der Waals surface area contributed by atoms with Crippen LogP contribution in [0.25, 0.3) is 5.76 Å². The molecule has 3 rings (SSSR count). The van der Waals surface area contributed by atoms with Crippen molar-refractivity contribution < 1.29 is 23.8 Å². The number of aliphatic hydroxyl groups is 1. The zero-order chi connectivity index (χ0) is 20.1. The SMILES string of the molecule is CCOC(=O)c1cc(C(=O)C=C(O)c2nc[nH]n2)cn1Cc1cccc(F)c1. The predicted molar refractivity (Wildman–Crippen MR) is 97.2 cm³/mol.